The second kappa shape index (κ2) is 7.01. The molecule has 0 bridgehead atoms. The van der Waals surface area contributed by atoms with Gasteiger partial charge in [-0.3, -0.25) is 0 Å². The SMILES string of the molecule is CNCC(C)(CS)NC[C@@](C)(CS)NC. The summed E-state index contributed by atoms with van der Waals surface area (Å²) in [5, 5.41) is 10.0. The number of likely N-dealkylation sites (N-methyl/N-ethyl adjacent to an activating group) is 2. The van der Waals surface area contributed by atoms with Crippen molar-refractivity contribution in [3.05, 3.63) is 0 Å². The lowest BCUT2D eigenvalue weighted by Gasteiger charge is -2.35. The average Bonchev–Trinajstić information content (AvgIpc) is 2.26. The smallest absolute Gasteiger partial charge is 0.0366 e. The van der Waals surface area contributed by atoms with E-state index in [-0.39, 0.29) is 11.1 Å². The van der Waals surface area contributed by atoms with E-state index < -0.39 is 0 Å². The van der Waals surface area contributed by atoms with Crippen molar-refractivity contribution in [1.82, 2.24) is 16.0 Å². The van der Waals surface area contributed by atoms with Crippen LogP contribution in [0.25, 0.3) is 0 Å². The summed E-state index contributed by atoms with van der Waals surface area (Å²) < 4.78 is 0. The van der Waals surface area contributed by atoms with E-state index in [4.69, 9.17) is 0 Å². The molecule has 92 valence electrons. The first-order valence-electron chi connectivity index (χ1n) is 5.25. The predicted molar refractivity (Wildman–Crippen MR) is 75.5 cm³/mol. The molecule has 15 heavy (non-hydrogen) atoms. The highest BCUT2D eigenvalue weighted by atomic mass is 32.1. The van der Waals surface area contributed by atoms with Gasteiger partial charge in [0.05, 0.1) is 0 Å². The van der Waals surface area contributed by atoms with Crippen molar-refractivity contribution < 1.29 is 0 Å². The summed E-state index contributed by atoms with van der Waals surface area (Å²) in [6, 6.07) is 0. The number of nitrogens with one attached hydrogen (secondary N) is 3. The molecule has 0 aromatic heterocycles. The van der Waals surface area contributed by atoms with E-state index in [2.05, 4.69) is 55.1 Å². The van der Waals surface area contributed by atoms with E-state index in [1.807, 2.05) is 14.1 Å². The van der Waals surface area contributed by atoms with Gasteiger partial charge in [-0.1, -0.05) is 0 Å². The summed E-state index contributed by atoms with van der Waals surface area (Å²) in [6.07, 6.45) is 0. The van der Waals surface area contributed by atoms with Gasteiger partial charge >= 0.3 is 0 Å². The van der Waals surface area contributed by atoms with Crippen LogP contribution < -0.4 is 16.0 Å². The van der Waals surface area contributed by atoms with E-state index in [1.54, 1.807) is 0 Å². The van der Waals surface area contributed by atoms with Crippen LogP contribution in [0.4, 0.5) is 0 Å². The molecule has 3 N–H and O–H groups in total. The minimum absolute atomic E-state index is 0.0267. The fourth-order valence-corrected chi connectivity index (χ4v) is 1.69. The fraction of sp³-hybridized carbons (Fsp3) is 1.00. The van der Waals surface area contributed by atoms with Gasteiger partial charge in [-0.25, -0.2) is 0 Å². The van der Waals surface area contributed by atoms with Gasteiger partial charge in [0.25, 0.3) is 0 Å². The highest BCUT2D eigenvalue weighted by molar-refractivity contribution is 7.80. The van der Waals surface area contributed by atoms with Gasteiger partial charge in [-0.2, -0.15) is 25.3 Å². The molecule has 3 nitrogen and oxygen atoms in total. The van der Waals surface area contributed by atoms with Gasteiger partial charge in [0.15, 0.2) is 0 Å². The molecule has 0 aliphatic carbocycles. The van der Waals surface area contributed by atoms with E-state index in [0.717, 1.165) is 24.6 Å². The molecule has 5 heteroatoms. The Hall–Kier alpha value is 0.580. The molecule has 0 radical (unpaired) electrons. The molecule has 0 saturated heterocycles. The Bertz CT molecular complexity index is 174. The third-order valence-corrected chi connectivity index (χ3v) is 4.17. The topological polar surface area (TPSA) is 36.1 Å². The largest absolute Gasteiger partial charge is 0.318 e. The van der Waals surface area contributed by atoms with Crippen molar-refractivity contribution in [2.45, 2.75) is 24.9 Å². The number of thiol groups is 2. The first-order valence-corrected chi connectivity index (χ1v) is 6.52. The summed E-state index contributed by atoms with van der Waals surface area (Å²) in [5.41, 5.74) is 0.0555. The highest BCUT2D eigenvalue weighted by Gasteiger charge is 2.26. The molecule has 0 aliphatic rings. The van der Waals surface area contributed by atoms with Crippen molar-refractivity contribution >= 4 is 25.3 Å². The molecule has 2 atom stereocenters. The molecule has 0 saturated carbocycles. The Morgan fingerprint density at radius 2 is 1.47 bits per heavy atom. The Balaban J connectivity index is 4.20. The third-order valence-electron chi connectivity index (χ3n) is 2.77. The molecule has 0 amide bonds. The zero-order valence-electron chi connectivity index (χ0n) is 10.2. The Labute approximate surface area is 105 Å². The van der Waals surface area contributed by atoms with Crippen LogP contribution in [0.15, 0.2) is 0 Å². The fourth-order valence-electron chi connectivity index (χ4n) is 1.20. The first-order chi connectivity index (χ1) is 6.95. The normalized spacial score (nSPS) is 19.6. The maximum Gasteiger partial charge on any atom is 0.0366 e. The van der Waals surface area contributed by atoms with Crippen molar-refractivity contribution in [3.63, 3.8) is 0 Å². The van der Waals surface area contributed by atoms with Crippen LogP contribution in [0.5, 0.6) is 0 Å². The number of rotatable bonds is 8. The van der Waals surface area contributed by atoms with E-state index in [9.17, 15) is 0 Å². The number of hydrogen-bond donors (Lipinski definition) is 5. The van der Waals surface area contributed by atoms with Crippen LogP contribution in [0.3, 0.4) is 0 Å². The van der Waals surface area contributed by atoms with Crippen molar-refractivity contribution in [2.75, 3.05) is 38.7 Å². The van der Waals surface area contributed by atoms with Gasteiger partial charge in [0, 0.05) is 35.7 Å². The molecule has 0 heterocycles. The molecule has 0 fully saturated rings. The Morgan fingerprint density at radius 1 is 0.933 bits per heavy atom. The Kier molecular flexibility index (Phi) is 7.28. The van der Waals surface area contributed by atoms with Crippen LogP contribution in [0.1, 0.15) is 13.8 Å². The summed E-state index contributed by atoms with van der Waals surface area (Å²) in [6.45, 7) is 6.12. The predicted octanol–water partition coefficient (Wildman–Crippen LogP) is 0.392. The first kappa shape index (κ1) is 15.6. The van der Waals surface area contributed by atoms with Gasteiger partial charge in [-0.15, -0.1) is 0 Å². The Morgan fingerprint density at radius 3 is 1.80 bits per heavy atom. The van der Waals surface area contributed by atoms with Gasteiger partial charge < -0.3 is 16.0 Å². The second-order valence-electron chi connectivity index (χ2n) is 4.57. The van der Waals surface area contributed by atoms with Crippen LogP contribution in [-0.4, -0.2) is 49.8 Å². The minimum atomic E-state index is 0.0267. The molecular formula is C10H25N3S2. The van der Waals surface area contributed by atoms with Gasteiger partial charge in [0.2, 0.25) is 0 Å². The summed E-state index contributed by atoms with van der Waals surface area (Å²) in [5.74, 6) is 1.61. The van der Waals surface area contributed by atoms with Crippen molar-refractivity contribution in [1.29, 1.82) is 0 Å². The van der Waals surface area contributed by atoms with E-state index in [1.165, 1.54) is 0 Å². The summed E-state index contributed by atoms with van der Waals surface area (Å²) in [4.78, 5) is 0. The lowest BCUT2D eigenvalue weighted by Crippen LogP contribution is -2.59. The van der Waals surface area contributed by atoms with Gasteiger partial charge in [0.1, 0.15) is 0 Å². The average molecular weight is 251 g/mol. The third kappa shape index (κ3) is 5.45. The molecule has 0 aromatic rings. The summed E-state index contributed by atoms with van der Waals surface area (Å²) >= 11 is 8.74. The molecule has 0 rings (SSSR count). The zero-order valence-corrected chi connectivity index (χ0v) is 12.0. The van der Waals surface area contributed by atoms with Gasteiger partial charge in [-0.05, 0) is 27.9 Å². The molecule has 0 spiro atoms. The maximum absolute atomic E-state index is 4.38. The standard InChI is InChI=1S/C10H25N3S2/c1-9(7-14,12-4)6-13-10(2,8-15)5-11-3/h11-15H,5-8H2,1-4H3/t9-,10?/m0/s1. The lowest BCUT2D eigenvalue weighted by molar-refractivity contribution is 0.316. The van der Waals surface area contributed by atoms with Crippen LogP contribution >= 0.6 is 25.3 Å². The molecular weight excluding hydrogens is 226 g/mol. The van der Waals surface area contributed by atoms with Crippen molar-refractivity contribution in [3.8, 4) is 0 Å². The van der Waals surface area contributed by atoms with E-state index in [0.29, 0.717) is 0 Å². The zero-order chi connectivity index (χ0) is 11.9. The maximum atomic E-state index is 4.38. The quantitative estimate of drug-likeness (QED) is 0.405. The number of hydrogen-bond acceptors (Lipinski definition) is 5. The second-order valence-corrected chi connectivity index (χ2v) is 5.20. The van der Waals surface area contributed by atoms with Crippen molar-refractivity contribution in [2.24, 2.45) is 0 Å². The highest BCUT2D eigenvalue weighted by Crippen LogP contribution is 2.09. The van der Waals surface area contributed by atoms with Crippen LogP contribution in [0.2, 0.25) is 0 Å². The minimum Gasteiger partial charge on any atom is -0.318 e. The van der Waals surface area contributed by atoms with Crippen LogP contribution in [0, 0.1) is 0 Å². The summed E-state index contributed by atoms with van der Waals surface area (Å²) in [7, 11) is 3.92. The monoisotopic (exact) mass is 251 g/mol. The molecule has 0 aromatic carbocycles. The lowest BCUT2D eigenvalue weighted by atomic mass is 10.0. The molecule has 1 unspecified atom stereocenters. The van der Waals surface area contributed by atoms with Crippen LogP contribution in [-0.2, 0) is 0 Å². The molecule has 0 aliphatic heterocycles. The van der Waals surface area contributed by atoms with E-state index >= 15 is 0 Å².